The zero-order chi connectivity index (χ0) is 16.1. The second kappa shape index (κ2) is 7.48. The van der Waals surface area contributed by atoms with Crippen LogP contribution in [0.25, 0.3) is 0 Å². The number of aromatic nitrogens is 1. The summed E-state index contributed by atoms with van der Waals surface area (Å²) >= 11 is 6.13. The van der Waals surface area contributed by atoms with E-state index in [4.69, 9.17) is 22.8 Å². The fourth-order valence-electron chi connectivity index (χ4n) is 2.27. The van der Waals surface area contributed by atoms with E-state index in [1.807, 2.05) is 13.8 Å². The highest BCUT2D eigenvalue weighted by Gasteiger charge is 2.22. The summed E-state index contributed by atoms with van der Waals surface area (Å²) in [5.74, 6) is 2.91. The summed E-state index contributed by atoms with van der Waals surface area (Å²) in [5.41, 5.74) is 0.478. The lowest BCUT2D eigenvalue weighted by Gasteiger charge is -2.33. The van der Waals surface area contributed by atoms with Crippen LogP contribution in [0.4, 0.5) is 0 Å². The van der Waals surface area contributed by atoms with Gasteiger partial charge in [0.15, 0.2) is 0 Å². The summed E-state index contributed by atoms with van der Waals surface area (Å²) in [6, 6.07) is 1.61. The number of halogens is 1. The van der Waals surface area contributed by atoms with Crippen molar-refractivity contribution >= 4 is 17.5 Å². The Kier molecular flexibility index (Phi) is 5.64. The van der Waals surface area contributed by atoms with Crippen molar-refractivity contribution in [2.45, 2.75) is 20.0 Å². The lowest BCUT2D eigenvalue weighted by molar-refractivity contribution is 0.0651. The Balaban J connectivity index is 2.01. The number of nitrogens with zero attached hydrogens (tertiary/aromatic N) is 3. The lowest BCUT2D eigenvalue weighted by Crippen LogP contribution is -2.48. The SMILES string of the molecule is C#CCN1CCN(C(=O)c2cnc(OC(C)C)c(Cl)c2)CC1. The average Bonchev–Trinajstić information content (AvgIpc) is 2.49. The predicted molar refractivity (Wildman–Crippen MR) is 86.2 cm³/mol. The van der Waals surface area contributed by atoms with Crippen LogP contribution in [0.2, 0.25) is 5.02 Å². The smallest absolute Gasteiger partial charge is 0.255 e. The average molecular weight is 322 g/mol. The van der Waals surface area contributed by atoms with Crippen LogP contribution in [-0.2, 0) is 0 Å². The summed E-state index contributed by atoms with van der Waals surface area (Å²) in [4.78, 5) is 20.6. The molecule has 118 valence electrons. The second-order valence-corrected chi connectivity index (χ2v) is 5.86. The molecule has 1 aromatic rings. The molecule has 1 aliphatic heterocycles. The summed E-state index contributed by atoms with van der Waals surface area (Å²) < 4.78 is 5.47. The van der Waals surface area contributed by atoms with E-state index in [0.29, 0.717) is 36.1 Å². The number of hydrogen-bond acceptors (Lipinski definition) is 4. The van der Waals surface area contributed by atoms with Crippen LogP contribution in [-0.4, -0.2) is 59.5 Å². The van der Waals surface area contributed by atoms with Gasteiger partial charge in [-0.1, -0.05) is 17.5 Å². The molecule has 2 rings (SSSR count). The number of carbonyl (C=O) groups is 1. The number of terminal acetylenes is 1. The van der Waals surface area contributed by atoms with E-state index < -0.39 is 0 Å². The van der Waals surface area contributed by atoms with Gasteiger partial charge in [-0.2, -0.15) is 0 Å². The Hall–Kier alpha value is -1.77. The van der Waals surface area contributed by atoms with Gasteiger partial charge in [0.2, 0.25) is 5.88 Å². The largest absolute Gasteiger partial charge is 0.474 e. The minimum Gasteiger partial charge on any atom is -0.474 e. The molecule has 2 heterocycles. The van der Waals surface area contributed by atoms with Crippen LogP contribution >= 0.6 is 11.6 Å². The maximum atomic E-state index is 12.5. The molecule has 6 heteroatoms. The van der Waals surface area contributed by atoms with Gasteiger partial charge >= 0.3 is 0 Å². The second-order valence-electron chi connectivity index (χ2n) is 5.45. The fourth-order valence-corrected chi connectivity index (χ4v) is 2.48. The van der Waals surface area contributed by atoms with Crippen molar-refractivity contribution in [3.8, 4) is 18.2 Å². The molecule has 0 N–H and O–H groups in total. The molecule has 0 radical (unpaired) electrons. The first-order valence-corrected chi connectivity index (χ1v) is 7.66. The molecule has 1 aromatic heterocycles. The van der Waals surface area contributed by atoms with E-state index in [2.05, 4.69) is 15.8 Å². The Labute approximate surface area is 136 Å². The van der Waals surface area contributed by atoms with E-state index in [-0.39, 0.29) is 12.0 Å². The number of rotatable bonds is 4. The molecule has 1 saturated heterocycles. The molecule has 0 bridgehead atoms. The number of amides is 1. The molecule has 1 aliphatic rings. The summed E-state index contributed by atoms with van der Waals surface area (Å²) in [6.45, 7) is 7.29. The molecule has 0 spiro atoms. The third-order valence-electron chi connectivity index (χ3n) is 3.38. The summed E-state index contributed by atoms with van der Waals surface area (Å²) in [5, 5.41) is 0.352. The maximum absolute atomic E-state index is 12.5. The minimum atomic E-state index is -0.0640. The Morgan fingerprint density at radius 1 is 1.45 bits per heavy atom. The van der Waals surface area contributed by atoms with Gasteiger partial charge in [-0.05, 0) is 19.9 Å². The topological polar surface area (TPSA) is 45.7 Å². The highest BCUT2D eigenvalue weighted by molar-refractivity contribution is 6.32. The molecular weight excluding hydrogens is 302 g/mol. The Bertz CT molecular complexity index is 575. The van der Waals surface area contributed by atoms with Crippen LogP contribution in [0, 0.1) is 12.3 Å². The molecule has 1 amide bonds. The predicted octanol–water partition coefficient (Wildman–Crippen LogP) is 1.91. The monoisotopic (exact) mass is 321 g/mol. The van der Waals surface area contributed by atoms with Gasteiger partial charge in [0.1, 0.15) is 5.02 Å². The van der Waals surface area contributed by atoms with Crippen molar-refractivity contribution in [3.63, 3.8) is 0 Å². The highest BCUT2D eigenvalue weighted by Crippen LogP contribution is 2.24. The normalized spacial score (nSPS) is 15.7. The summed E-state index contributed by atoms with van der Waals surface area (Å²) in [7, 11) is 0. The van der Waals surface area contributed by atoms with Crippen molar-refractivity contribution in [1.29, 1.82) is 0 Å². The van der Waals surface area contributed by atoms with Gasteiger partial charge in [0.05, 0.1) is 18.2 Å². The number of hydrogen-bond donors (Lipinski definition) is 0. The van der Waals surface area contributed by atoms with Crippen LogP contribution in [0.1, 0.15) is 24.2 Å². The molecule has 0 aliphatic carbocycles. The van der Waals surface area contributed by atoms with Gasteiger partial charge in [0, 0.05) is 32.4 Å². The quantitative estimate of drug-likeness (QED) is 0.795. The zero-order valence-electron chi connectivity index (χ0n) is 12.9. The molecular formula is C16H20ClN3O2. The molecule has 0 unspecified atom stereocenters. The van der Waals surface area contributed by atoms with Crippen LogP contribution < -0.4 is 4.74 Å². The van der Waals surface area contributed by atoms with E-state index in [0.717, 1.165) is 13.1 Å². The van der Waals surface area contributed by atoms with Gasteiger partial charge in [-0.15, -0.1) is 6.42 Å². The summed E-state index contributed by atoms with van der Waals surface area (Å²) in [6.07, 6.45) is 6.80. The highest BCUT2D eigenvalue weighted by atomic mass is 35.5. The first-order valence-electron chi connectivity index (χ1n) is 7.28. The minimum absolute atomic E-state index is 0.0178. The number of carbonyl (C=O) groups excluding carboxylic acids is 1. The van der Waals surface area contributed by atoms with Gasteiger partial charge in [-0.25, -0.2) is 4.98 Å². The van der Waals surface area contributed by atoms with Crippen molar-refractivity contribution in [2.75, 3.05) is 32.7 Å². The van der Waals surface area contributed by atoms with E-state index in [1.54, 1.807) is 11.0 Å². The third kappa shape index (κ3) is 4.12. The Morgan fingerprint density at radius 3 is 2.68 bits per heavy atom. The van der Waals surface area contributed by atoms with Gasteiger partial charge in [0.25, 0.3) is 5.91 Å². The molecule has 0 saturated carbocycles. The zero-order valence-corrected chi connectivity index (χ0v) is 13.6. The number of piperazine rings is 1. The fraction of sp³-hybridized carbons (Fsp3) is 0.500. The number of ether oxygens (including phenoxy) is 1. The molecule has 0 aromatic carbocycles. The molecule has 1 fully saturated rings. The number of pyridine rings is 1. The van der Waals surface area contributed by atoms with Crippen molar-refractivity contribution < 1.29 is 9.53 Å². The molecule has 22 heavy (non-hydrogen) atoms. The van der Waals surface area contributed by atoms with Crippen LogP contribution in [0.3, 0.4) is 0 Å². The van der Waals surface area contributed by atoms with Crippen molar-refractivity contribution in [3.05, 3.63) is 22.8 Å². The van der Waals surface area contributed by atoms with Gasteiger partial charge in [-0.3, -0.25) is 9.69 Å². The molecule has 5 nitrogen and oxygen atoms in total. The van der Waals surface area contributed by atoms with E-state index in [1.165, 1.54) is 6.20 Å². The van der Waals surface area contributed by atoms with Gasteiger partial charge < -0.3 is 9.64 Å². The van der Waals surface area contributed by atoms with E-state index in [9.17, 15) is 4.79 Å². The first kappa shape index (κ1) is 16.6. The standard InChI is InChI=1S/C16H20ClN3O2/c1-4-5-19-6-8-20(9-7-19)16(21)13-10-14(17)15(18-11-13)22-12(2)3/h1,10-12H,5-9H2,2-3H3. The molecule has 0 atom stereocenters. The van der Waals surface area contributed by atoms with Crippen molar-refractivity contribution in [2.24, 2.45) is 0 Å². The van der Waals surface area contributed by atoms with Crippen molar-refractivity contribution in [1.82, 2.24) is 14.8 Å². The van der Waals surface area contributed by atoms with Crippen LogP contribution in [0.15, 0.2) is 12.3 Å². The Morgan fingerprint density at radius 2 is 2.14 bits per heavy atom. The lowest BCUT2D eigenvalue weighted by atomic mass is 10.2. The first-order chi connectivity index (χ1) is 10.5. The maximum Gasteiger partial charge on any atom is 0.255 e. The third-order valence-corrected chi connectivity index (χ3v) is 3.65. The van der Waals surface area contributed by atoms with E-state index >= 15 is 0 Å². The van der Waals surface area contributed by atoms with Crippen LogP contribution in [0.5, 0.6) is 5.88 Å².